The molecule has 0 unspecified atom stereocenters. The molecule has 1 atom stereocenters. The highest BCUT2D eigenvalue weighted by Gasteiger charge is 2.34. The molecule has 0 saturated heterocycles. The summed E-state index contributed by atoms with van der Waals surface area (Å²) >= 11 is 0. The molecule has 0 aliphatic carbocycles. The van der Waals surface area contributed by atoms with E-state index in [0.29, 0.717) is 5.75 Å². The van der Waals surface area contributed by atoms with Crippen LogP contribution in [0.3, 0.4) is 0 Å². The van der Waals surface area contributed by atoms with E-state index in [1.165, 1.54) is 25.2 Å². The first kappa shape index (κ1) is 31.5. The molecular weight excluding hydrogens is 542 g/mol. The van der Waals surface area contributed by atoms with Crippen LogP contribution in [0.5, 0.6) is 11.5 Å². The van der Waals surface area contributed by atoms with E-state index in [0.717, 1.165) is 27.3 Å². The summed E-state index contributed by atoms with van der Waals surface area (Å²) in [5.41, 5.74) is 2.86. The van der Waals surface area contributed by atoms with Gasteiger partial charge in [-0.1, -0.05) is 54.6 Å². The monoisotopic (exact) mass is 581 g/mol. The molecule has 0 heterocycles. The number of anilines is 1. The third-order valence-corrected chi connectivity index (χ3v) is 7.77. The lowest BCUT2D eigenvalue weighted by molar-refractivity contribution is -0.140. The minimum atomic E-state index is -3.94. The number of carbonyl (C=O) groups excluding carboxylic acids is 2. The standard InChI is InChI=1S/C31H39N3O6S/c1-22(2)32-31(36)28(18-24-13-8-7-9-14-24)33(20-25-15-11-10-12-23(25)3)30(35)21-34(41(6,37)38)27-17-16-26(39-4)19-29(27)40-5/h7-17,19,22,28H,18,20-21H2,1-6H3,(H,32,36)/t28-/m1/s1. The first-order valence-corrected chi connectivity index (χ1v) is 15.2. The van der Waals surface area contributed by atoms with Crippen molar-refractivity contribution in [1.82, 2.24) is 10.2 Å². The summed E-state index contributed by atoms with van der Waals surface area (Å²) in [6, 6.07) is 20.7. The number of sulfonamides is 1. The predicted octanol–water partition coefficient (Wildman–Crippen LogP) is 3.94. The summed E-state index contributed by atoms with van der Waals surface area (Å²) in [6.45, 7) is 5.22. The molecule has 0 aromatic heterocycles. The fourth-order valence-corrected chi connectivity index (χ4v) is 5.34. The number of nitrogens with zero attached hydrogens (tertiary/aromatic N) is 2. The molecule has 3 aromatic carbocycles. The molecule has 0 bridgehead atoms. The van der Waals surface area contributed by atoms with Crippen molar-refractivity contribution in [2.24, 2.45) is 0 Å². The Hall–Kier alpha value is -4.05. The van der Waals surface area contributed by atoms with Gasteiger partial charge in [-0.15, -0.1) is 0 Å². The van der Waals surface area contributed by atoms with E-state index in [2.05, 4.69) is 5.32 Å². The van der Waals surface area contributed by atoms with E-state index in [1.54, 1.807) is 12.1 Å². The van der Waals surface area contributed by atoms with Gasteiger partial charge in [0.15, 0.2) is 0 Å². The van der Waals surface area contributed by atoms with E-state index in [1.807, 2.05) is 75.4 Å². The van der Waals surface area contributed by atoms with Gasteiger partial charge in [0.1, 0.15) is 24.1 Å². The van der Waals surface area contributed by atoms with Gasteiger partial charge in [-0.3, -0.25) is 13.9 Å². The molecule has 0 radical (unpaired) electrons. The number of amides is 2. The first-order valence-electron chi connectivity index (χ1n) is 13.3. The van der Waals surface area contributed by atoms with Crippen LogP contribution in [0.1, 0.15) is 30.5 Å². The molecule has 220 valence electrons. The van der Waals surface area contributed by atoms with Gasteiger partial charge in [0.2, 0.25) is 21.8 Å². The summed E-state index contributed by atoms with van der Waals surface area (Å²) in [7, 11) is -1.03. The third kappa shape index (κ3) is 8.47. The van der Waals surface area contributed by atoms with Crippen molar-refractivity contribution >= 4 is 27.5 Å². The molecule has 0 saturated carbocycles. The van der Waals surface area contributed by atoms with Crippen molar-refractivity contribution < 1.29 is 27.5 Å². The molecular formula is C31H39N3O6S. The van der Waals surface area contributed by atoms with Gasteiger partial charge in [0.05, 0.1) is 26.2 Å². The van der Waals surface area contributed by atoms with Crippen LogP contribution in [0.2, 0.25) is 0 Å². The van der Waals surface area contributed by atoms with Crippen molar-refractivity contribution in [2.75, 3.05) is 31.3 Å². The van der Waals surface area contributed by atoms with E-state index >= 15 is 0 Å². The topological polar surface area (TPSA) is 105 Å². The Morgan fingerprint density at radius 2 is 1.59 bits per heavy atom. The van der Waals surface area contributed by atoms with Crippen LogP contribution in [-0.4, -0.2) is 64.2 Å². The smallest absolute Gasteiger partial charge is 0.244 e. The zero-order chi connectivity index (χ0) is 30.2. The summed E-state index contributed by atoms with van der Waals surface area (Å²) in [5, 5.41) is 2.95. The van der Waals surface area contributed by atoms with Gasteiger partial charge in [-0.25, -0.2) is 8.42 Å². The fraction of sp³-hybridized carbons (Fsp3) is 0.355. The van der Waals surface area contributed by atoms with Crippen LogP contribution in [-0.2, 0) is 32.6 Å². The lowest BCUT2D eigenvalue weighted by Gasteiger charge is -2.34. The largest absolute Gasteiger partial charge is 0.497 e. The lowest BCUT2D eigenvalue weighted by atomic mass is 10.0. The molecule has 0 aliphatic heterocycles. The third-order valence-electron chi connectivity index (χ3n) is 6.64. The number of benzene rings is 3. The van der Waals surface area contributed by atoms with Gasteiger partial charge in [0, 0.05) is 25.1 Å². The Bertz CT molecular complexity index is 1440. The molecule has 41 heavy (non-hydrogen) atoms. The molecule has 0 fully saturated rings. The Balaban J connectivity index is 2.10. The van der Waals surface area contributed by atoms with Crippen molar-refractivity contribution in [2.45, 2.75) is 45.8 Å². The first-order chi connectivity index (χ1) is 19.4. The van der Waals surface area contributed by atoms with Crippen LogP contribution in [0.4, 0.5) is 5.69 Å². The number of ether oxygens (including phenoxy) is 2. The SMILES string of the molecule is COc1ccc(N(CC(=O)N(Cc2ccccc2C)[C@H](Cc2ccccc2)C(=O)NC(C)C)S(C)(=O)=O)c(OC)c1. The second-order valence-electron chi connectivity index (χ2n) is 10.1. The maximum absolute atomic E-state index is 14.2. The Morgan fingerprint density at radius 3 is 2.17 bits per heavy atom. The number of rotatable bonds is 13. The number of hydrogen-bond donors (Lipinski definition) is 1. The van der Waals surface area contributed by atoms with Crippen molar-refractivity contribution in [3.8, 4) is 11.5 Å². The van der Waals surface area contributed by atoms with E-state index in [9.17, 15) is 18.0 Å². The molecule has 3 aromatic rings. The van der Waals surface area contributed by atoms with Crippen molar-refractivity contribution in [1.29, 1.82) is 0 Å². The fourth-order valence-electron chi connectivity index (χ4n) is 4.49. The van der Waals surface area contributed by atoms with Crippen LogP contribution >= 0.6 is 0 Å². The quantitative estimate of drug-likeness (QED) is 0.328. The lowest BCUT2D eigenvalue weighted by Crippen LogP contribution is -2.54. The molecule has 2 amide bonds. The van der Waals surface area contributed by atoms with Crippen LogP contribution in [0.25, 0.3) is 0 Å². The predicted molar refractivity (Wildman–Crippen MR) is 161 cm³/mol. The zero-order valence-electron chi connectivity index (χ0n) is 24.5. The van der Waals surface area contributed by atoms with Crippen molar-refractivity contribution in [3.05, 3.63) is 89.5 Å². The molecule has 3 rings (SSSR count). The summed E-state index contributed by atoms with van der Waals surface area (Å²) in [4.78, 5) is 29.3. The number of nitrogens with one attached hydrogen (secondary N) is 1. The summed E-state index contributed by atoms with van der Waals surface area (Å²) in [5.74, 6) is -0.152. The highest BCUT2D eigenvalue weighted by atomic mass is 32.2. The Labute approximate surface area is 243 Å². The molecule has 10 heteroatoms. The normalized spacial score (nSPS) is 12.0. The van der Waals surface area contributed by atoms with Gasteiger partial charge in [-0.05, 0) is 49.6 Å². The zero-order valence-corrected chi connectivity index (χ0v) is 25.3. The van der Waals surface area contributed by atoms with Gasteiger partial charge >= 0.3 is 0 Å². The van der Waals surface area contributed by atoms with Crippen LogP contribution in [0, 0.1) is 6.92 Å². The Morgan fingerprint density at radius 1 is 0.927 bits per heavy atom. The molecule has 1 N–H and O–H groups in total. The highest BCUT2D eigenvalue weighted by molar-refractivity contribution is 7.92. The highest BCUT2D eigenvalue weighted by Crippen LogP contribution is 2.34. The second-order valence-corrected chi connectivity index (χ2v) is 12.0. The number of hydrogen-bond acceptors (Lipinski definition) is 6. The van der Waals surface area contributed by atoms with E-state index < -0.39 is 28.5 Å². The number of aryl methyl sites for hydroxylation is 1. The maximum atomic E-state index is 14.2. The van der Waals surface area contributed by atoms with Crippen molar-refractivity contribution in [3.63, 3.8) is 0 Å². The average molecular weight is 582 g/mol. The van der Waals surface area contributed by atoms with Crippen LogP contribution in [0.15, 0.2) is 72.8 Å². The minimum absolute atomic E-state index is 0.117. The van der Waals surface area contributed by atoms with Gasteiger partial charge < -0.3 is 19.7 Å². The average Bonchev–Trinajstić information content (AvgIpc) is 2.93. The summed E-state index contributed by atoms with van der Waals surface area (Å²) in [6.07, 6.45) is 1.28. The number of methoxy groups -OCH3 is 2. The van der Waals surface area contributed by atoms with E-state index in [-0.39, 0.29) is 36.4 Å². The molecule has 9 nitrogen and oxygen atoms in total. The minimum Gasteiger partial charge on any atom is -0.497 e. The maximum Gasteiger partial charge on any atom is 0.244 e. The van der Waals surface area contributed by atoms with Gasteiger partial charge in [-0.2, -0.15) is 0 Å². The molecule has 0 spiro atoms. The molecule has 0 aliphatic rings. The number of carbonyl (C=O) groups is 2. The van der Waals surface area contributed by atoms with Gasteiger partial charge in [0.25, 0.3) is 0 Å². The summed E-state index contributed by atoms with van der Waals surface area (Å²) < 4.78 is 37.8. The van der Waals surface area contributed by atoms with Crippen LogP contribution < -0.4 is 19.1 Å². The van der Waals surface area contributed by atoms with E-state index in [4.69, 9.17) is 9.47 Å². The Kier molecular flexibility index (Phi) is 10.8. The second kappa shape index (κ2) is 14.0.